The maximum atomic E-state index is 12.9. The van der Waals surface area contributed by atoms with Crippen LogP contribution < -0.4 is 5.32 Å². The van der Waals surface area contributed by atoms with Crippen molar-refractivity contribution in [3.05, 3.63) is 64.1 Å². The molecule has 2 aromatic rings. The zero-order chi connectivity index (χ0) is 17.9. The molecular formula is C18H20Cl2N2O2S. The highest BCUT2D eigenvalue weighted by Gasteiger charge is 2.29. The van der Waals surface area contributed by atoms with Crippen molar-refractivity contribution in [3.8, 4) is 0 Å². The van der Waals surface area contributed by atoms with Crippen molar-refractivity contribution in [3.63, 3.8) is 0 Å². The molecule has 0 aromatic heterocycles. The Morgan fingerprint density at radius 1 is 1.08 bits per heavy atom. The van der Waals surface area contributed by atoms with Gasteiger partial charge in [0.25, 0.3) is 0 Å². The molecule has 1 N–H and O–H groups in total. The van der Waals surface area contributed by atoms with E-state index in [9.17, 15) is 8.42 Å². The van der Waals surface area contributed by atoms with Gasteiger partial charge < -0.3 is 5.32 Å². The van der Waals surface area contributed by atoms with E-state index in [0.29, 0.717) is 24.7 Å². The fraction of sp³-hybridized carbons (Fsp3) is 0.333. The van der Waals surface area contributed by atoms with Gasteiger partial charge in [0.05, 0.1) is 4.90 Å². The summed E-state index contributed by atoms with van der Waals surface area (Å²) in [6.07, 6.45) is 0.735. The molecule has 134 valence electrons. The van der Waals surface area contributed by atoms with E-state index < -0.39 is 10.0 Å². The van der Waals surface area contributed by atoms with Crippen molar-refractivity contribution in [2.45, 2.75) is 11.3 Å². The average Bonchev–Trinajstić information content (AvgIpc) is 2.83. The Morgan fingerprint density at radius 2 is 1.80 bits per heavy atom. The Balaban J connectivity index is 1.79. The number of halogens is 2. The molecule has 25 heavy (non-hydrogen) atoms. The van der Waals surface area contributed by atoms with Crippen molar-refractivity contribution in [2.75, 3.05) is 26.2 Å². The first-order chi connectivity index (χ1) is 12.0. The monoisotopic (exact) mass is 398 g/mol. The topological polar surface area (TPSA) is 49.4 Å². The second-order valence-electron chi connectivity index (χ2n) is 6.18. The molecule has 1 aliphatic rings. The zero-order valence-corrected chi connectivity index (χ0v) is 16.0. The second-order valence-corrected chi connectivity index (χ2v) is 8.96. The quantitative estimate of drug-likeness (QED) is 0.857. The molecule has 1 unspecified atom stereocenters. The van der Waals surface area contributed by atoms with Gasteiger partial charge >= 0.3 is 0 Å². The Kier molecular flexibility index (Phi) is 6.02. The lowest BCUT2D eigenvalue weighted by atomic mass is 9.99. The van der Waals surface area contributed by atoms with Crippen molar-refractivity contribution in [1.82, 2.24) is 9.62 Å². The molecule has 0 aliphatic carbocycles. The van der Waals surface area contributed by atoms with Crippen LogP contribution in [0.15, 0.2) is 53.4 Å². The SMILES string of the molecule is O=S(=O)(c1ccc(Cl)cc1)N1CCNCC(Cc2ccccc2Cl)C1. The predicted octanol–water partition coefficient (Wildman–Crippen LogP) is 3.45. The van der Waals surface area contributed by atoms with E-state index in [1.165, 1.54) is 0 Å². The molecule has 1 aliphatic heterocycles. The summed E-state index contributed by atoms with van der Waals surface area (Å²) in [6, 6.07) is 14.0. The molecule has 0 radical (unpaired) electrons. The lowest BCUT2D eigenvalue weighted by Crippen LogP contribution is -2.36. The number of nitrogens with zero attached hydrogens (tertiary/aromatic N) is 1. The standard InChI is InChI=1S/C18H20Cl2N2O2S/c19-16-5-7-17(8-6-16)25(23,24)22-10-9-21-12-14(13-22)11-15-3-1-2-4-18(15)20/h1-8,14,21H,9-13H2. The minimum Gasteiger partial charge on any atom is -0.315 e. The minimum atomic E-state index is -3.54. The van der Waals surface area contributed by atoms with Crippen LogP contribution in [0.1, 0.15) is 5.56 Å². The molecule has 2 aromatic carbocycles. The van der Waals surface area contributed by atoms with Crippen LogP contribution in [0, 0.1) is 5.92 Å². The normalized spacial score (nSPS) is 19.5. The van der Waals surface area contributed by atoms with Crippen LogP contribution in [-0.4, -0.2) is 38.9 Å². The minimum absolute atomic E-state index is 0.157. The fourth-order valence-electron chi connectivity index (χ4n) is 3.04. The summed E-state index contributed by atoms with van der Waals surface area (Å²) in [5.74, 6) is 0.157. The summed E-state index contributed by atoms with van der Waals surface area (Å²) in [5, 5.41) is 4.57. The zero-order valence-electron chi connectivity index (χ0n) is 13.7. The first-order valence-corrected chi connectivity index (χ1v) is 10.4. The van der Waals surface area contributed by atoms with Crippen LogP contribution in [0.3, 0.4) is 0 Å². The van der Waals surface area contributed by atoms with Crippen LogP contribution in [0.4, 0.5) is 0 Å². The van der Waals surface area contributed by atoms with Gasteiger partial charge in [-0.3, -0.25) is 0 Å². The predicted molar refractivity (Wildman–Crippen MR) is 102 cm³/mol. The Morgan fingerprint density at radius 3 is 2.52 bits per heavy atom. The van der Waals surface area contributed by atoms with E-state index in [-0.39, 0.29) is 10.8 Å². The molecule has 1 atom stereocenters. The van der Waals surface area contributed by atoms with Crippen LogP contribution >= 0.6 is 23.2 Å². The Bertz CT molecular complexity index is 825. The molecule has 4 nitrogen and oxygen atoms in total. The van der Waals surface area contributed by atoms with Gasteiger partial charge in [-0.15, -0.1) is 0 Å². The van der Waals surface area contributed by atoms with Crippen LogP contribution in [0.2, 0.25) is 10.0 Å². The highest BCUT2D eigenvalue weighted by molar-refractivity contribution is 7.89. The van der Waals surface area contributed by atoms with Crippen molar-refractivity contribution >= 4 is 33.2 Å². The number of hydrogen-bond acceptors (Lipinski definition) is 3. The highest BCUT2D eigenvalue weighted by atomic mass is 35.5. The van der Waals surface area contributed by atoms with E-state index in [4.69, 9.17) is 23.2 Å². The summed E-state index contributed by atoms with van der Waals surface area (Å²) in [6.45, 7) is 2.30. The molecule has 1 fully saturated rings. The third-order valence-corrected chi connectivity index (χ3v) is 6.85. The molecule has 1 saturated heterocycles. The van der Waals surface area contributed by atoms with Crippen molar-refractivity contribution < 1.29 is 8.42 Å². The molecule has 7 heteroatoms. The van der Waals surface area contributed by atoms with Gasteiger partial charge in [0, 0.05) is 29.7 Å². The summed E-state index contributed by atoms with van der Waals surface area (Å²) in [5.41, 5.74) is 1.04. The summed E-state index contributed by atoms with van der Waals surface area (Å²) in [7, 11) is -3.54. The third-order valence-electron chi connectivity index (χ3n) is 4.35. The maximum Gasteiger partial charge on any atom is 0.243 e. The van der Waals surface area contributed by atoms with Crippen LogP contribution in [0.5, 0.6) is 0 Å². The van der Waals surface area contributed by atoms with Gasteiger partial charge in [-0.25, -0.2) is 8.42 Å². The average molecular weight is 399 g/mol. The lowest BCUT2D eigenvalue weighted by molar-refractivity contribution is 0.375. The molecule has 1 heterocycles. The molecule has 0 spiro atoms. The molecule has 0 bridgehead atoms. The molecular weight excluding hydrogens is 379 g/mol. The van der Waals surface area contributed by atoms with E-state index in [1.807, 2.05) is 24.3 Å². The van der Waals surface area contributed by atoms with E-state index >= 15 is 0 Å². The van der Waals surface area contributed by atoms with Gasteiger partial charge in [-0.05, 0) is 54.8 Å². The fourth-order valence-corrected chi connectivity index (χ4v) is 4.90. The molecule has 0 saturated carbocycles. The van der Waals surface area contributed by atoms with E-state index in [0.717, 1.165) is 23.6 Å². The van der Waals surface area contributed by atoms with Gasteiger partial charge in [-0.1, -0.05) is 41.4 Å². The van der Waals surface area contributed by atoms with Crippen molar-refractivity contribution in [2.24, 2.45) is 5.92 Å². The van der Waals surface area contributed by atoms with Gasteiger partial charge in [-0.2, -0.15) is 4.31 Å². The van der Waals surface area contributed by atoms with Gasteiger partial charge in [0.2, 0.25) is 10.0 Å². The maximum absolute atomic E-state index is 12.9. The second kappa shape index (κ2) is 8.06. The van der Waals surface area contributed by atoms with Crippen LogP contribution in [-0.2, 0) is 16.4 Å². The number of rotatable bonds is 4. The number of sulfonamides is 1. The first-order valence-electron chi connectivity index (χ1n) is 8.16. The van der Waals surface area contributed by atoms with Crippen LogP contribution in [0.25, 0.3) is 0 Å². The van der Waals surface area contributed by atoms with E-state index in [2.05, 4.69) is 5.32 Å². The molecule has 0 amide bonds. The smallest absolute Gasteiger partial charge is 0.243 e. The van der Waals surface area contributed by atoms with Gasteiger partial charge in [0.1, 0.15) is 0 Å². The highest BCUT2D eigenvalue weighted by Crippen LogP contribution is 2.23. The number of nitrogens with one attached hydrogen (secondary N) is 1. The van der Waals surface area contributed by atoms with Crippen molar-refractivity contribution in [1.29, 1.82) is 0 Å². The molecule has 3 rings (SSSR count). The summed E-state index contributed by atoms with van der Waals surface area (Å²) < 4.78 is 27.4. The lowest BCUT2D eigenvalue weighted by Gasteiger charge is -2.24. The summed E-state index contributed by atoms with van der Waals surface area (Å²) >= 11 is 12.1. The van der Waals surface area contributed by atoms with E-state index in [1.54, 1.807) is 28.6 Å². The summed E-state index contributed by atoms with van der Waals surface area (Å²) in [4.78, 5) is 0.273. The van der Waals surface area contributed by atoms with Gasteiger partial charge in [0.15, 0.2) is 0 Å². The Hall–Kier alpha value is -1.11. The number of benzene rings is 2. The first kappa shape index (κ1) is 18.7. The number of hydrogen-bond donors (Lipinski definition) is 1. The third kappa shape index (κ3) is 4.54. The Labute approximate surface area is 158 Å². The largest absolute Gasteiger partial charge is 0.315 e.